The van der Waals surface area contributed by atoms with Crippen LogP contribution in [0.5, 0.6) is 0 Å². The van der Waals surface area contributed by atoms with Crippen LogP contribution in [0.25, 0.3) is 0 Å². The molecule has 0 amide bonds. The van der Waals surface area contributed by atoms with E-state index in [9.17, 15) is 0 Å². The molecule has 3 atom stereocenters. The molecule has 2 heteroatoms. The average molecular weight is 240 g/mol. The number of nitrogens with zero attached hydrogens (tertiary/aromatic N) is 1. The molecule has 1 rings (SSSR count). The minimum atomic E-state index is 0.408. The number of hydrogen-bond donors (Lipinski definition) is 1. The van der Waals surface area contributed by atoms with Crippen LogP contribution in [0.1, 0.15) is 54.4 Å². The zero-order valence-electron chi connectivity index (χ0n) is 12.7. The first-order valence-corrected chi connectivity index (χ1v) is 7.34. The number of rotatable bonds is 4. The van der Waals surface area contributed by atoms with Crippen molar-refractivity contribution in [2.75, 3.05) is 19.6 Å². The van der Waals surface area contributed by atoms with Crippen LogP contribution in [-0.2, 0) is 0 Å². The fourth-order valence-electron chi connectivity index (χ4n) is 2.75. The lowest BCUT2D eigenvalue weighted by atomic mass is 9.90. The van der Waals surface area contributed by atoms with Gasteiger partial charge in [0.1, 0.15) is 0 Å². The molecule has 0 radical (unpaired) electrons. The molecular weight excluding hydrogens is 208 g/mol. The van der Waals surface area contributed by atoms with Gasteiger partial charge in [-0.15, -0.1) is 0 Å². The van der Waals surface area contributed by atoms with Gasteiger partial charge in [0.25, 0.3) is 0 Å². The lowest BCUT2D eigenvalue weighted by Gasteiger charge is -2.44. The lowest BCUT2D eigenvalue weighted by Crippen LogP contribution is -2.59. The van der Waals surface area contributed by atoms with E-state index < -0.39 is 0 Å². The molecule has 1 heterocycles. The second-order valence-corrected chi connectivity index (χ2v) is 6.95. The largest absolute Gasteiger partial charge is 0.311 e. The Morgan fingerprint density at radius 2 is 1.94 bits per heavy atom. The topological polar surface area (TPSA) is 15.3 Å². The van der Waals surface area contributed by atoms with Gasteiger partial charge < -0.3 is 5.32 Å². The third kappa shape index (κ3) is 4.59. The molecule has 2 nitrogen and oxygen atoms in total. The van der Waals surface area contributed by atoms with E-state index in [0.717, 1.165) is 12.0 Å². The molecule has 0 aromatic rings. The predicted octanol–water partition coefficient (Wildman–Crippen LogP) is 3.13. The zero-order valence-corrected chi connectivity index (χ0v) is 12.7. The summed E-state index contributed by atoms with van der Waals surface area (Å²) in [6.07, 6.45) is 2.54. The summed E-state index contributed by atoms with van der Waals surface area (Å²) >= 11 is 0. The van der Waals surface area contributed by atoms with Crippen LogP contribution in [-0.4, -0.2) is 36.6 Å². The Morgan fingerprint density at radius 1 is 1.29 bits per heavy atom. The molecule has 0 bridgehead atoms. The van der Waals surface area contributed by atoms with Crippen LogP contribution in [0.3, 0.4) is 0 Å². The second-order valence-electron chi connectivity index (χ2n) is 6.95. The van der Waals surface area contributed by atoms with Crippen molar-refractivity contribution in [3.63, 3.8) is 0 Å². The molecule has 3 unspecified atom stereocenters. The molecule has 17 heavy (non-hydrogen) atoms. The Morgan fingerprint density at radius 3 is 2.41 bits per heavy atom. The fourth-order valence-corrected chi connectivity index (χ4v) is 2.75. The SMILES string of the molecule is CCC(C)C1CN(CC(C)(C)C)C(CC)CN1. The van der Waals surface area contributed by atoms with Crippen molar-refractivity contribution in [3.05, 3.63) is 0 Å². The Kier molecular flexibility index (Phi) is 5.46. The molecule has 102 valence electrons. The highest BCUT2D eigenvalue weighted by molar-refractivity contribution is 4.89. The van der Waals surface area contributed by atoms with E-state index in [1.165, 1.54) is 32.5 Å². The van der Waals surface area contributed by atoms with Crippen LogP contribution >= 0.6 is 0 Å². The maximum atomic E-state index is 3.74. The van der Waals surface area contributed by atoms with Gasteiger partial charge in [-0.1, -0.05) is 48.0 Å². The highest BCUT2D eigenvalue weighted by Crippen LogP contribution is 2.22. The van der Waals surface area contributed by atoms with Crippen molar-refractivity contribution in [1.82, 2.24) is 10.2 Å². The van der Waals surface area contributed by atoms with E-state index in [1.807, 2.05) is 0 Å². The highest BCUT2D eigenvalue weighted by Gasteiger charge is 2.31. The lowest BCUT2D eigenvalue weighted by molar-refractivity contribution is 0.0736. The third-order valence-electron chi connectivity index (χ3n) is 4.04. The van der Waals surface area contributed by atoms with Gasteiger partial charge in [-0.3, -0.25) is 4.90 Å². The van der Waals surface area contributed by atoms with Crippen LogP contribution in [0, 0.1) is 11.3 Å². The summed E-state index contributed by atoms with van der Waals surface area (Å²) in [7, 11) is 0. The molecule has 1 aliphatic heterocycles. The van der Waals surface area contributed by atoms with Crippen molar-refractivity contribution in [1.29, 1.82) is 0 Å². The summed E-state index contributed by atoms with van der Waals surface area (Å²) in [6.45, 7) is 17.6. The van der Waals surface area contributed by atoms with Crippen LogP contribution in [0.2, 0.25) is 0 Å². The quantitative estimate of drug-likeness (QED) is 0.812. The van der Waals surface area contributed by atoms with Gasteiger partial charge in [-0.05, 0) is 17.8 Å². The standard InChI is InChI=1S/C15H32N2/c1-7-12(3)14-10-17(11-15(4,5)6)13(8-2)9-16-14/h12-14,16H,7-11H2,1-6H3. The molecule has 0 spiro atoms. The van der Waals surface area contributed by atoms with E-state index in [0.29, 0.717) is 11.5 Å². The molecule has 0 aromatic carbocycles. The second kappa shape index (κ2) is 6.19. The van der Waals surface area contributed by atoms with E-state index >= 15 is 0 Å². The Hall–Kier alpha value is -0.0800. The summed E-state index contributed by atoms with van der Waals surface area (Å²) in [6, 6.07) is 1.42. The molecule has 0 aliphatic carbocycles. The zero-order chi connectivity index (χ0) is 13.1. The smallest absolute Gasteiger partial charge is 0.0221 e. The summed E-state index contributed by atoms with van der Waals surface area (Å²) in [4.78, 5) is 2.72. The van der Waals surface area contributed by atoms with Crippen LogP contribution < -0.4 is 5.32 Å². The van der Waals surface area contributed by atoms with Crippen molar-refractivity contribution in [2.45, 2.75) is 66.5 Å². The van der Waals surface area contributed by atoms with E-state index in [4.69, 9.17) is 0 Å². The Bertz CT molecular complexity index is 219. The number of nitrogens with one attached hydrogen (secondary N) is 1. The molecule has 1 saturated heterocycles. The van der Waals surface area contributed by atoms with E-state index in [-0.39, 0.29) is 0 Å². The molecule has 1 aliphatic rings. The monoisotopic (exact) mass is 240 g/mol. The first-order valence-electron chi connectivity index (χ1n) is 7.34. The van der Waals surface area contributed by atoms with E-state index in [1.54, 1.807) is 0 Å². The summed E-state index contributed by atoms with van der Waals surface area (Å²) in [5, 5.41) is 3.74. The van der Waals surface area contributed by atoms with Crippen LogP contribution in [0.15, 0.2) is 0 Å². The Labute approximate surface area is 108 Å². The first kappa shape index (κ1) is 15.0. The van der Waals surface area contributed by atoms with Gasteiger partial charge in [-0.25, -0.2) is 0 Å². The van der Waals surface area contributed by atoms with Gasteiger partial charge in [0.05, 0.1) is 0 Å². The third-order valence-corrected chi connectivity index (χ3v) is 4.04. The summed E-state index contributed by atoms with van der Waals surface area (Å²) in [5.74, 6) is 0.787. The Balaban J connectivity index is 2.61. The minimum absolute atomic E-state index is 0.408. The van der Waals surface area contributed by atoms with Crippen molar-refractivity contribution >= 4 is 0 Å². The van der Waals surface area contributed by atoms with Gasteiger partial charge in [0, 0.05) is 31.7 Å². The number of piperazine rings is 1. The minimum Gasteiger partial charge on any atom is -0.311 e. The van der Waals surface area contributed by atoms with Gasteiger partial charge in [-0.2, -0.15) is 0 Å². The predicted molar refractivity (Wildman–Crippen MR) is 76.4 cm³/mol. The van der Waals surface area contributed by atoms with Crippen molar-refractivity contribution < 1.29 is 0 Å². The normalized spacial score (nSPS) is 29.3. The van der Waals surface area contributed by atoms with Gasteiger partial charge in [0.2, 0.25) is 0 Å². The maximum Gasteiger partial charge on any atom is 0.0221 e. The molecular formula is C15H32N2. The average Bonchev–Trinajstić information content (AvgIpc) is 2.25. The van der Waals surface area contributed by atoms with Crippen molar-refractivity contribution in [3.8, 4) is 0 Å². The molecule has 1 N–H and O–H groups in total. The summed E-state index contributed by atoms with van der Waals surface area (Å²) < 4.78 is 0. The van der Waals surface area contributed by atoms with Crippen LogP contribution in [0.4, 0.5) is 0 Å². The maximum absolute atomic E-state index is 3.74. The molecule has 1 fully saturated rings. The number of hydrogen-bond acceptors (Lipinski definition) is 2. The van der Waals surface area contributed by atoms with Gasteiger partial charge in [0.15, 0.2) is 0 Å². The highest BCUT2D eigenvalue weighted by atomic mass is 15.2. The molecule has 0 saturated carbocycles. The summed E-state index contributed by atoms with van der Waals surface area (Å²) in [5.41, 5.74) is 0.408. The van der Waals surface area contributed by atoms with Crippen molar-refractivity contribution in [2.24, 2.45) is 11.3 Å². The van der Waals surface area contributed by atoms with E-state index in [2.05, 4.69) is 51.8 Å². The van der Waals surface area contributed by atoms with Gasteiger partial charge >= 0.3 is 0 Å². The fraction of sp³-hybridized carbons (Fsp3) is 1.00. The molecule has 0 aromatic heterocycles. The first-order chi connectivity index (χ1) is 7.87.